The fourth-order valence-electron chi connectivity index (χ4n) is 1.49. The maximum absolute atomic E-state index is 11.8. The first-order valence-electron chi connectivity index (χ1n) is 5.75. The van der Waals surface area contributed by atoms with Gasteiger partial charge in [0.05, 0.1) is 11.5 Å². The summed E-state index contributed by atoms with van der Waals surface area (Å²) >= 11 is 0. The summed E-state index contributed by atoms with van der Waals surface area (Å²) in [6.07, 6.45) is 2.73. The third-order valence-corrected chi connectivity index (χ3v) is 2.51. The molecule has 0 radical (unpaired) electrons. The number of hydrogen-bond acceptors (Lipinski definition) is 3. The Morgan fingerprint density at radius 3 is 2.31 bits per heavy atom. The van der Waals surface area contributed by atoms with Crippen LogP contribution in [0.4, 0.5) is 0 Å². The molecule has 0 saturated heterocycles. The van der Waals surface area contributed by atoms with Gasteiger partial charge in [0.25, 0.3) is 0 Å². The zero-order valence-corrected chi connectivity index (χ0v) is 11.0. The van der Waals surface area contributed by atoms with Gasteiger partial charge < -0.3 is 9.84 Å². The zero-order chi connectivity index (χ0) is 13.0. The monoisotopic (exact) mass is 228 g/mol. The number of carbonyl (C=O) groups is 1. The lowest BCUT2D eigenvalue weighted by atomic mass is 9.85. The largest absolute Gasteiger partial charge is 0.460 e. The van der Waals surface area contributed by atoms with Gasteiger partial charge in [-0.15, -0.1) is 6.58 Å². The molecule has 0 aliphatic heterocycles. The predicted molar refractivity (Wildman–Crippen MR) is 65.1 cm³/mol. The van der Waals surface area contributed by atoms with Gasteiger partial charge in [0.15, 0.2) is 0 Å². The maximum Gasteiger partial charge on any atom is 0.312 e. The van der Waals surface area contributed by atoms with E-state index in [9.17, 15) is 9.90 Å². The molecule has 16 heavy (non-hydrogen) atoms. The second-order valence-electron chi connectivity index (χ2n) is 5.20. The average Bonchev–Trinajstić information content (AvgIpc) is 2.14. The van der Waals surface area contributed by atoms with Crippen LogP contribution in [0.1, 0.15) is 47.5 Å². The van der Waals surface area contributed by atoms with Crippen molar-refractivity contribution < 1.29 is 14.6 Å². The minimum Gasteiger partial charge on any atom is -0.460 e. The Morgan fingerprint density at radius 1 is 1.50 bits per heavy atom. The third kappa shape index (κ3) is 4.35. The number of carbonyl (C=O) groups excluding carboxylic acids is 1. The molecule has 94 valence electrons. The fraction of sp³-hybridized carbons (Fsp3) is 0.769. The van der Waals surface area contributed by atoms with Crippen LogP contribution < -0.4 is 0 Å². The van der Waals surface area contributed by atoms with Crippen molar-refractivity contribution in [3.05, 3.63) is 12.7 Å². The molecule has 0 spiro atoms. The number of ether oxygens (including phenoxy) is 1. The molecule has 0 aromatic rings. The second-order valence-corrected chi connectivity index (χ2v) is 5.20. The van der Waals surface area contributed by atoms with E-state index in [-0.39, 0.29) is 5.97 Å². The topological polar surface area (TPSA) is 46.5 Å². The van der Waals surface area contributed by atoms with Crippen LogP contribution in [-0.2, 0) is 9.53 Å². The molecule has 3 heteroatoms. The van der Waals surface area contributed by atoms with Crippen LogP contribution >= 0.6 is 0 Å². The molecule has 0 fully saturated rings. The number of aliphatic hydroxyl groups is 1. The Kier molecular flexibility index (Phi) is 5.20. The molecule has 0 heterocycles. The minimum atomic E-state index is -1.17. The molecule has 0 saturated carbocycles. The van der Waals surface area contributed by atoms with Gasteiger partial charge in [0.1, 0.15) is 5.60 Å². The maximum atomic E-state index is 11.8. The molecule has 0 bridgehead atoms. The summed E-state index contributed by atoms with van der Waals surface area (Å²) < 4.78 is 5.25. The highest BCUT2D eigenvalue weighted by atomic mass is 16.6. The van der Waals surface area contributed by atoms with Gasteiger partial charge in [-0.2, -0.15) is 0 Å². The van der Waals surface area contributed by atoms with Gasteiger partial charge in [0.2, 0.25) is 0 Å². The summed E-state index contributed by atoms with van der Waals surface area (Å²) in [5.74, 6) is -0.979. The number of esters is 1. The van der Waals surface area contributed by atoms with Crippen molar-refractivity contribution in [3.8, 4) is 0 Å². The van der Waals surface area contributed by atoms with Crippen LogP contribution in [0.3, 0.4) is 0 Å². The number of rotatable bonds is 5. The zero-order valence-electron chi connectivity index (χ0n) is 11.0. The van der Waals surface area contributed by atoms with E-state index in [0.717, 1.165) is 6.42 Å². The summed E-state index contributed by atoms with van der Waals surface area (Å²) in [6, 6.07) is 0. The van der Waals surface area contributed by atoms with Crippen molar-refractivity contribution >= 4 is 5.97 Å². The van der Waals surface area contributed by atoms with E-state index >= 15 is 0 Å². The molecule has 0 aromatic carbocycles. The highest BCUT2D eigenvalue weighted by Crippen LogP contribution is 2.26. The molecular weight excluding hydrogens is 204 g/mol. The summed E-state index contributed by atoms with van der Waals surface area (Å²) in [4.78, 5) is 11.8. The molecule has 2 atom stereocenters. The van der Waals surface area contributed by atoms with Gasteiger partial charge in [0, 0.05) is 0 Å². The lowest BCUT2D eigenvalue weighted by molar-refractivity contribution is -0.166. The Hall–Kier alpha value is -0.830. The van der Waals surface area contributed by atoms with E-state index in [4.69, 9.17) is 4.74 Å². The molecule has 0 rings (SSSR count). The Balaban J connectivity index is 4.69. The van der Waals surface area contributed by atoms with Crippen LogP contribution in [0.2, 0.25) is 0 Å². The molecule has 1 N–H and O–H groups in total. The van der Waals surface area contributed by atoms with E-state index in [1.54, 1.807) is 6.92 Å². The highest BCUT2D eigenvalue weighted by Gasteiger charge is 2.37. The van der Waals surface area contributed by atoms with Crippen molar-refractivity contribution in [2.45, 2.75) is 58.7 Å². The van der Waals surface area contributed by atoms with Gasteiger partial charge in [-0.25, -0.2) is 0 Å². The van der Waals surface area contributed by atoms with Gasteiger partial charge in [-0.3, -0.25) is 4.79 Å². The molecule has 0 aromatic heterocycles. The first-order chi connectivity index (χ1) is 7.16. The predicted octanol–water partition coefficient (Wildman–Crippen LogP) is 2.68. The highest BCUT2D eigenvalue weighted by molar-refractivity contribution is 5.74. The van der Waals surface area contributed by atoms with E-state index in [0.29, 0.717) is 6.42 Å². The van der Waals surface area contributed by atoms with Crippen LogP contribution in [0.25, 0.3) is 0 Å². The standard InChI is InChI=1S/C13H24O3/c1-7-9-13(15,8-2)10(3)11(14)16-12(4,5)6/h8,10,15H,2,7,9H2,1,3-6H3. The lowest BCUT2D eigenvalue weighted by Crippen LogP contribution is -2.41. The summed E-state index contributed by atoms with van der Waals surface area (Å²) in [6.45, 7) is 12.7. The molecule has 3 nitrogen and oxygen atoms in total. The summed E-state index contributed by atoms with van der Waals surface area (Å²) in [5.41, 5.74) is -1.70. The second kappa shape index (κ2) is 5.48. The molecule has 0 aliphatic carbocycles. The van der Waals surface area contributed by atoms with Crippen molar-refractivity contribution in [2.75, 3.05) is 0 Å². The lowest BCUT2D eigenvalue weighted by Gasteiger charge is -2.31. The minimum absolute atomic E-state index is 0.386. The molecule has 2 unspecified atom stereocenters. The van der Waals surface area contributed by atoms with Gasteiger partial charge in [-0.1, -0.05) is 19.4 Å². The smallest absolute Gasteiger partial charge is 0.312 e. The quantitative estimate of drug-likeness (QED) is 0.581. The molecular formula is C13H24O3. The molecule has 0 aliphatic rings. The number of hydrogen-bond donors (Lipinski definition) is 1. The third-order valence-electron chi connectivity index (χ3n) is 2.51. The Morgan fingerprint density at radius 2 is 2.00 bits per heavy atom. The van der Waals surface area contributed by atoms with Crippen LogP contribution in [-0.4, -0.2) is 22.3 Å². The van der Waals surface area contributed by atoms with Crippen molar-refractivity contribution in [2.24, 2.45) is 5.92 Å². The van der Waals surface area contributed by atoms with Crippen molar-refractivity contribution in [3.63, 3.8) is 0 Å². The van der Waals surface area contributed by atoms with Crippen molar-refractivity contribution in [1.82, 2.24) is 0 Å². The van der Waals surface area contributed by atoms with Crippen molar-refractivity contribution in [1.29, 1.82) is 0 Å². The van der Waals surface area contributed by atoms with E-state index in [2.05, 4.69) is 6.58 Å². The average molecular weight is 228 g/mol. The van der Waals surface area contributed by atoms with Crippen LogP contribution in [0.15, 0.2) is 12.7 Å². The van der Waals surface area contributed by atoms with E-state index in [1.807, 2.05) is 27.7 Å². The molecule has 0 amide bonds. The Bertz CT molecular complexity index is 252. The summed E-state index contributed by atoms with van der Waals surface area (Å²) in [7, 11) is 0. The van der Waals surface area contributed by atoms with Gasteiger partial charge in [-0.05, 0) is 34.1 Å². The fourth-order valence-corrected chi connectivity index (χ4v) is 1.49. The van der Waals surface area contributed by atoms with Crippen LogP contribution in [0, 0.1) is 5.92 Å². The first kappa shape index (κ1) is 15.2. The van der Waals surface area contributed by atoms with Gasteiger partial charge >= 0.3 is 5.97 Å². The normalized spacial score (nSPS) is 17.4. The van der Waals surface area contributed by atoms with E-state index < -0.39 is 17.1 Å². The van der Waals surface area contributed by atoms with E-state index in [1.165, 1.54) is 6.08 Å². The van der Waals surface area contributed by atoms with Crippen LogP contribution in [0.5, 0.6) is 0 Å². The summed E-state index contributed by atoms with van der Waals surface area (Å²) in [5, 5.41) is 10.2. The SMILES string of the molecule is C=CC(O)(CCC)C(C)C(=O)OC(C)(C)C. The first-order valence-corrected chi connectivity index (χ1v) is 5.75. The Labute approximate surface area is 98.5 Å².